The van der Waals surface area contributed by atoms with Crippen LogP contribution in [0.1, 0.15) is 54.0 Å². The highest BCUT2D eigenvalue weighted by Crippen LogP contribution is 2.25. The Morgan fingerprint density at radius 3 is 2.38 bits per heavy atom. The molecule has 2 rings (SSSR count). The minimum absolute atomic E-state index is 0.235. The fraction of sp³-hybridized carbons (Fsp3) is 0.389. The van der Waals surface area contributed by atoms with Crippen LogP contribution in [0.25, 0.3) is 0 Å². The molecular weight excluding hydrogens is 280 g/mol. The fourth-order valence-corrected chi connectivity index (χ4v) is 3.22. The number of halogens is 1. The number of nitrogens with zero attached hydrogens (tertiary/aromatic N) is 1. The van der Waals surface area contributed by atoms with Crippen molar-refractivity contribution in [1.82, 2.24) is 10.3 Å². The number of hydrogen-bond donors (Lipinski definition) is 1. The molecule has 0 saturated heterocycles. The van der Waals surface area contributed by atoms with Gasteiger partial charge in [0.1, 0.15) is 0 Å². The zero-order valence-electron chi connectivity index (χ0n) is 13.4. The SMILES string of the molecule is Cc1cc(C)c(C(C)NC(C)c2cccc(Cl)c2)c(C)n1. The molecule has 3 heteroatoms. The Hall–Kier alpha value is -1.38. The average Bonchev–Trinajstić information content (AvgIpc) is 2.37. The first-order valence-corrected chi connectivity index (χ1v) is 7.72. The lowest BCUT2D eigenvalue weighted by molar-refractivity contribution is 0.490. The van der Waals surface area contributed by atoms with Gasteiger partial charge in [-0.3, -0.25) is 4.98 Å². The van der Waals surface area contributed by atoms with Crippen LogP contribution >= 0.6 is 11.6 Å². The van der Waals surface area contributed by atoms with Gasteiger partial charge in [0.05, 0.1) is 0 Å². The van der Waals surface area contributed by atoms with Gasteiger partial charge in [-0.05, 0) is 69.5 Å². The summed E-state index contributed by atoms with van der Waals surface area (Å²) in [7, 11) is 0. The molecule has 1 N–H and O–H groups in total. The predicted molar refractivity (Wildman–Crippen MR) is 89.9 cm³/mol. The van der Waals surface area contributed by atoms with Gasteiger partial charge in [-0.15, -0.1) is 0 Å². The maximum atomic E-state index is 6.07. The lowest BCUT2D eigenvalue weighted by Gasteiger charge is -2.23. The zero-order valence-corrected chi connectivity index (χ0v) is 14.1. The van der Waals surface area contributed by atoms with Gasteiger partial charge in [0, 0.05) is 28.5 Å². The third kappa shape index (κ3) is 3.84. The van der Waals surface area contributed by atoms with Crippen LogP contribution in [-0.2, 0) is 0 Å². The average molecular weight is 303 g/mol. The molecule has 0 aliphatic heterocycles. The van der Waals surface area contributed by atoms with E-state index in [9.17, 15) is 0 Å². The Morgan fingerprint density at radius 2 is 1.76 bits per heavy atom. The van der Waals surface area contributed by atoms with E-state index in [1.807, 2.05) is 25.1 Å². The summed E-state index contributed by atoms with van der Waals surface area (Å²) in [5.74, 6) is 0. The van der Waals surface area contributed by atoms with Crippen LogP contribution in [0.3, 0.4) is 0 Å². The molecule has 0 aliphatic carbocycles. The van der Waals surface area contributed by atoms with Crippen molar-refractivity contribution < 1.29 is 0 Å². The van der Waals surface area contributed by atoms with E-state index in [0.29, 0.717) is 0 Å². The lowest BCUT2D eigenvalue weighted by atomic mass is 9.98. The van der Waals surface area contributed by atoms with Gasteiger partial charge in [0.15, 0.2) is 0 Å². The van der Waals surface area contributed by atoms with E-state index in [-0.39, 0.29) is 12.1 Å². The quantitative estimate of drug-likeness (QED) is 0.852. The molecule has 0 saturated carbocycles. The van der Waals surface area contributed by atoms with Crippen LogP contribution in [0, 0.1) is 20.8 Å². The van der Waals surface area contributed by atoms with Gasteiger partial charge in [-0.25, -0.2) is 0 Å². The van der Waals surface area contributed by atoms with Crippen LogP contribution in [0.4, 0.5) is 0 Å². The molecule has 2 nitrogen and oxygen atoms in total. The Kier molecular flexibility index (Phi) is 5.02. The van der Waals surface area contributed by atoms with Crippen LogP contribution in [-0.4, -0.2) is 4.98 Å². The van der Waals surface area contributed by atoms with Crippen molar-refractivity contribution in [3.63, 3.8) is 0 Å². The number of hydrogen-bond acceptors (Lipinski definition) is 2. The summed E-state index contributed by atoms with van der Waals surface area (Å²) in [6.07, 6.45) is 0. The summed E-state index contributed by atoms with van der Waals surface area (Å²) in [5.41, 5.74) is 5.95. The lowest BCUT2D eigenvalue weighted by Crippen LogP contribution is -2.24. The minimum Gasteiger partial charge on any atom is -0.304 e. The van der Waals surface area contributed by atoms with E-state index in [2.05, 4.69) is 50.1 Å². The van der Waals surface area contributed by atoms with Crippen molar-refractivity contribution in [3.8, 4) is 0 Å². The number of benzene rings is 1. The number of pyridine rings is 1. The summed E-state index contributed by atoms with van der Waals surface area (Å²) in [5, 5.41) is 4.42. The summed E-state index contributed by atoms with van der Waals surface area (Å²) >= 11 is 6.07. The molecule has 0 aliphatic rings. The molecule has 0 bridgehead atoms. The molecule has 1 aromatic heterocycles. The molecule has 1 aromatic carbocycles. The Morgan fingerprint density at radius 1 is 1.05 bits per heavy atom. The van der Waals surface area contributed by atoms with Crippen molar-refractivity contribution >= 4 is 11.6 Å². The number of nitrogens with one attached hydrogen (secondary N) is 1. The van der Waals surface area contributed by atoms with E-state index in [4.69, 9.17) is 11.6 Å². The number of aryl methyl sites for hydroxylation is 3. The first-order valence-electron chi connectivity index (χ1n) is 7.34. The Bertz CT molecular complexity index is 614. The zero-order chi connectivity index (χ0) is 15.6. The van der Waals surface area contributed by atoms with Crippen LogP contribution in [0.15, 0.2) is 30.3 Å². The highest BCUT2D eigenvalue weighted by molar-refractivity contribution is 6.30. The normalized spacial score (nSPS) is 14.0. The summed E-state index contributed by atoms with van der Waals surface area (Å²) in [4.78, 5) is 4.59. The monoisotopic (exact) mass is 302 g/mol. The molecule has 0 radical (unpaired) electrons. The van der Waals surface area contributed by atoms with Crippen LogP contribution in [0.5, 0.6) is 0 Å². The third-order valence-electron chi connectivity index (χ3n) is 3.87. The molecular formula is C18H23ClN2. The molecule has 21 heavy (non-hydrogen) atoms. The molecule has 0 amide bonds. The largest absolute Gasteiger partial charge is 0.304 e. The topological polar surface area (TPSA) is 24.9 Å². The summed E-state index contributed by atoms with van der Waals surface area (Å²) in [6.45, 7) is 10.6. The smallest absolute Gasteiger partial charge is 0.0426 e. The van der Waals surface area contributed by atoms with Gasteiger partial charge < -0.3 is 5.32 Å². The second kappa shape index (κ2) is 6.59. The van der Waals surface area contributed by atoms with Gasteiger partial charge in [0.2, 0.25) is 0 Å². The van der Waals surface area contributed by atoms with Gasteiger partial charge >= 0.3 is 0 Å². The molecule has 2 unspecified atom stereocenters. The predicted octanol–water partition coefficient (Wildman–Crippen LogP) is 5.07. The molecule has 1 heterocycles. The van der Waals surface area contributed by atoms with Crippen molar-refractivity contribution in [1.29, 1.82) is 0 Å². The first-order chi connectivity index (χ1) is 9.88. The highest BCUT2D eigenvalue weighted by atomic mass is 35.5. The molecule has 0 spiro atoms. The maximum absolute atomic E-state index is 6.07. The number of aromatic nitrogens is 1. The van der Waals surface area contributed by atoms with Crippen molar-refractivity contribution in [3.05, 3.63) is 63.4 Å². The van der Waals surface area contributed by atoms with Crippen molar-refractivity contribution in [2.45, 2.75) is 46.7 Å². The van der Waals surface area contributed by atoms with Crippen LogP contribution < -0.4 is 5.32 Å². The second-order valence-corrected chi connectivity index (χ2v) is 6.18. The van der Waals surface area contributed by atoms with E-state index < -0.39 is 0 Å². The standard InChI is InChI=1S/C18H23ClN2/c1-11-9-12(2)20-14(4)18(11)15(5)21-13(3)16-7-6-8-17(19)10-16/h6-10,13,15,21H,1-5H3. The van der Waals surface area contributed by atoms with Crippen molar-refractivity contribution in [2.75, 3.05) is 0 Å². The highest BCUT2D eigenvalue weighted by Gasteiger charge is 2.16. The fourth-order valence-electron chi connectivity index (χ4n) is 3.02. The van der Waals surface area contributed by atoms with Gasteiger partial charge in [0.25, 0.3) is 0 Å². The van der Waals surface area contributed by atoms with E-state index in [1.54, 1.807) is 0 Å². The molecule has 2 atom stereocenters. The molecule has 0 fully saturated rings. The van der Waals surface area contributed by atoms with Gasteiger partial charge in [-0.1, -0.05) is 23.7 Å². The maximum Gasteiger partial charge on any atom is 0.0426 e. The van der Waals surface area contributed by atoms with E-state index >= 15 is 0 Å². The summed E-state index contributed by atoms with van der Waals surface area (Å²) in [6, 6.07) is 10.6. The first kappa shape index (κ1) is 16.0. The van der Waals surface area contributed by atoms with Gasteiger partial charge in [-0.2, -0.15) is 0 Å². The molecule has 112 valence electrons. The Labute approximate surface area is 132 Å². The second-order valence-electron chi connectivity index (χ2n) is 5.74. The molecule has 2 aromatic rings. The summed E-state index contributed by atoms with van der Waals surface area (Å²) < 4.78 is 0. The minimum atomic E-state index is 0.235. The third-order valence-corrected chi connectivity index (χ3v) is 4.10. The Balaban J connectivity index is 2.20. The van der Waals surface area contributed by atoms with Crippen LogP contribution in [0.2, 0.25) is 5.02 Å². The van der Waals surface area contributed by atoms with E-state index in [0.717, 1.165) is 16.4 Å². The number of rotatable bonds is 4. The van der Waals surface area contributed by atoms with Crippen molar-refractivity contribution in [2.24, 2.45) is 0 Å². The van der Waals surface area contributed by atoms with E-state index in [1.165, 1.54) is 16.7 Å².